The number of hydrogen-bond donors (Lipinski definition) is 1. The number of aliphatic imine (C=N–C) groups is 1. The van der Waals surface area contributed by atoms with Crippen LogP contribution in [0.25, 0.3) is 0 Å². The highest BCUT2D eigenvalue weighted by Gasteiger charge is 2.20. The number of rotatable bonds is 4. The Balaban J connectivity index is 1.49. The van der Waals surface area contributed by atoms with Gasteiger partial charge in [0.1, 0.15) is 5.82 Å². The second kappa shape index (κ2) is 8.70. The number of anilines is 1. The molecule has 0 saturated carbocycles. The maximum Gasteiger partial charge on any atom is 0.193 e. The molecule has 2 heterocycles. The standard InChI is InChI=1S/C21H29N5/c1-17-14-18(2)16-19(15-17)7-9-24-21(22-3)26-12-10-25(11-13-26)20-6-4-5-8-23-20/h4-6,8,14-16H,7,9-13H2,1-3H3,(H,22,24). The molecule has 1 aromatic heterocycles. The Morgan fingerprint density at radius 3 is 2.42 bits per heavy atom. The van der Waals surface area contributed by atoms with Crippen LogP contribution in [0.2, 0.25) is 0 Å². The van der Waals surface area contributed by atoms with E-state index in [4.69, 9.17) is 0 Å². The van der Waals surface area contributed by atoms with E-state index in [0.29, 0.717) is 0 Å². The van der Waals surface area contributed by atoms with Crippen LogP contribution < -0.4 is 10.2 Å². The molecule has 138 valence electrons. The third-order valence-electron chi connectivity index (χ3n) is 4.74. The highest BCUT2D eigenvalue weighted by molar-refractivity contribution is 5.80. The van der Waals surface area contributed by atoms with Crippen molar-refractivity contribution in [1.29, 1.82) is 0 Å². The number of aryl methyl sites for hydroxylation is 2. The van der Waals surface area contributed by atoms with E-state index in [-0.39, 0.29) is 0 Å². The monoisotopic (exact) mass is 351 g/mol. The lowest BCUT2D eigenvalue weighted by atomic mass is 10.1. The van der Waals surface area contributed by atoms with E-state index >= 15 is 0 Å². The summed E-state index contributed by atoms with van der Waals surface area (Å²) in [5.74, 6) is 2.06. The number of hydrogen-bond acceptors (Lipinski definition) is 3. The average molecular weight is 351 g/mol. The minimum absolute atomic E-state index is 0.899. The van der Waals surface area contributed by atoms with Gasteiger partial charge >= 0.3 is 0 Å². The molecule has 0 amide bonds. The largest absolute Gasteiger partial charge is 0.356 e. The number of nitrogens with one attached hydrogen (secondary N) is 1. The molecule has 0 bridgehead atoms. The van der Waals surface area contributed by atoms with Crippen LogP contribution in [0.3, 0.4) is 0 Å². The van der Waals surface area contributed by atoms with Gasteiger partial charge in [-0.2, -0.15) is 0 Å². The fourth-order valence-corrected chi connectivity index (χ4v) is 3.55. The van der Waals surface area contributed by atoms with Crippen molar-refractivity contribution in [3.05, 3.63) is 59.3 Å². The Morgan fingerprint density at radius 2 is 1.81 bits per heavy atom. The van der Waals surface area contributed by atoms with Gasteiger partial charge in [-0.25, -0.2) is 4.98 Å². The number of pyridine rings is 1. The number of nitrogens with zero attached hydrogens (tertiary/aromatic N) is 4. The molecule has 1 aliphatic heterocycles. The van der Waals surface area contributed by atoms with Crippen molar-refractivity contribution in [2.24, 2.45) is 4.99 Å². The first-order valence-electron chi connectivity index (χ1n) is 9.34. The van der Waals surface area contributed by atoms with Crippen LogP contribution in [0, 0.1) is 13.8 Å². The number of benzene rings is 1. The predicted octanol–water partition coefficient (Wildman–Crippen LogP) is 2.64. The Kier molecular flexibility index (Phi) is 6.10. The molecule has 0 aliphatic carbocycles. The Bertz CT molecular complexity index is 713. The summed E-state index contributed by atoms with van der Waals surface area (Å²) >= 11 is 0. The minimum atomic E-state index is 0.899. The molecule has 1 fully saturated rings. The van der Waals surface area contributed by atoms with Crippen LogP contribution in [-0.4, -0.2) is 55.6 Å². The maximum atomic E-state index is 4.47. The molecule has 1 aliphatic rings. The predicted molar refractivity (Wildman–Crippen MR) is 109 cm³/mol. The summed E-state index contributed by atoms with van der Waals surface area (Å²) in [6, 6.07) is 12.8. The van der Waals surface area contributed by atoms with Crippen molar-refractivity contribution < 1.29 is 0 Å². The summed E-state index contributed by atoms with van der Waals surface area (Å²) in [5, 5.41) is 3.52. The highest BCUT2D eigenvalue weighted by Crippen LogP contribution is 2.13. The van der Waals surface area contributed by atoms with Gasteiger partial charge in [-0.05, 0) is 38.0 Å². The van der Waals surface area contributed by atoms with Crippen molar-refractivity contribution in [3.63, 3.8) is 0 Å². The topological polar surface area (TPSA) is 43.8 Å². The molecule has 0 spiro atoms. The molecule has 3 rings (SSSR count). The molecule has 0 radical (unpaired) electrons. The van der Waals surface area contributed by atoms with Gasteiger partial charge in [0.15, 0.2) is 5.96 Å². The molecule has 0 unspecified atom stereocenters. The highest BCUT2D eigenvalue weighted by atomic mass is 15.4. The molecular weight excluding hydrogens is 322 g/mol. The van der Waals surface area contributed by atoms with Crippen LogP contribution in [-0.2, 0) is 6.42 Å². The second-order valence-electron chi connectivity index (χ2n) is 6.88. The van der Waals surface area contributed by atoms with Crippen molar-refractivity contribution in [2.75, 3.05) is 44.7 Å². The van der Waals surface area contributed by atoms with Gasteiger partial charge in [0.2, 0.25) is 0 Å². The van der Waals surface area contributed by atoms with Gasteiger partial charge in [-0.3, -0.25) is 4.99 Å². The molecule has 26 heavy (non-hydrogen) atoms. The number of piperazine rings is 1. The van der Waals surface area contributed by atoms with Crippen LogP contribution in [0.4, 0.5) is 5.82 Å². The third kappa shape index (κ3) is 4.75. The fraction of sp³-hybridized carbons (Fsp3) is 0.429. The molecule has 1 aromatic carbocycles. The van der Waals surface area contributed by atoms with E-state index in [0.717, 1.165) is 50.9 Å². The van der Waals surface area contributed by atoms with E-state index in [1.807, 2.05) is 25.4 Å². The van der Waals surface area contributed by atoms with E-state index in [1.165, 1.54) is 16.7 Å². The van der Waals surface area contributed by atoms with Gasteiger partial charge in [0.25, 0.3) is 0 Å². The van der Waals surface area contributed by atoms with Gasteiger partial charge < -0.3 is 15.1 Å². The molecular formula is C21H29N5. The van der Waals surface area contributed by atoms with E-state index < -0.39 is 0 Å². The molecule has 0 atom stereocenters. The lowest BCUT2D eigenvalue weighted by Crippen LogP contribution is -2.53. The van der Waals surface area contributed by atoms with Crippen LogP contribution in [0.1, 0.15) is 16.7 Å². The van der Waals surface area contributed by atoms with Gasteiger partial charge in [-0.15, -0.1) is 0 Å². The summed E-state index contributed by atoms with van der Waals surface area (Å²) in [4.78, 5) is 13.6. The third-order valence-corrected chi connectivity index (χ3v) is 4.74. The molecule has 1 N–H and O–H groups in total. The molecule has 1 saturated heterocycles. The Morgan fingerprint density at radius 1 is 1.08 bits per heavy atom. The van der Waals surface area contributed by atoms with Crippen molar-refractivity contribution >= 4 is 11.8 Å². The van der Waals surface area contributed by atoms with Crippen molar-refractivity contribution in [3.8, 4) is 0 Å². The lowest BCUT2D eigenvalue weighted by Gasteiger charge is -2.37. The zero-order valence-corrected chi connectivity index (χ0v) is 16.1. The SMILES string of the molecule is CN=C(NCCc1cc(C)cc(C)c1)N1CCN(c2ccccn2)CC1. The quantitative estimate of drug-likeness (QED) is 0.679. The van der Waals surface area contributed by atoms with Gasteiger partial charge in [0.05, 0.1) is 0 Å². The van der Waals surface area contributed by atoms with Crippen molar-refractivity contribution in [1.82, 2.24) is 15.2 Å². The minimum Gasteiger partial charge on any atom is -0.356 e. The van der Waals surface area contributed by atoms with Crippen LogP contribution in [0.15, 0.2) is 47.6 Å². The number of guanidine groups is 1. The molecule has 5 nitrogen and oxygen atoms in total. The van der Waals surface area contributed by atoms with Gasteiger partial charge in [-0.1, -0.05) is 35.4 Å². The van der Waals surface area contributed by atoms with Crippen molar-refractivity contribution in [2.45, 2.75) is 20.3 Å². The first kappa shape index (κ1) is 18.2. The summed E-state index contributed by atoms with van der Waals surface area (Å²) in [6.45, 7) is 9.06. The second-order valence-corrected chi connectivity index (χ2v) is 6.88. The molecule has 2 aromatic rings. The van der Waals surface area contributed by atoms with E-state index in [2.05, 4.69) is 63.2 Å². The Hall–Kier alpha value is -2.56. The average Bonchev–Trinajstić information content (AvgIpc) is 2.65. The molecule has 5 heteroatoms. The Labute approximate surface area is 156 Å². The summed E-state index contributed by atoms with van der Waals surface area (Å²) in [7, 11) is 1.87. The zero-order valence-electron chi connectivity index (χ0n) is 16.1. The first-order valence-corrected chi connectivity index (χ1v) is 9.34. The summed E-state index contributed by atoms with van der Waals surface area (Å²) in [5.41, 5.74) is 4.04. The fourth-order valence-electron chi connectivity index (χ4n) is 3.55. The zero-order chi connectivity index (χ0) is 18.4. The van der Waals surface area contributed by atoms with Crippen LogP contribution >= 0.6 is 0 Å². The maximum absolute atomic E-state index is 4.47. The first-order chi connectivity index (χ1) is 12.7. The van der Waals surface area contributed by atoms with Gasteiger partial charge in [0, 0.05) is 46.0 Å². The summed E-state index contributed by atoms with van der Waals surface area (Å²) < 4.78 is 0. The normalized spacial score (nSPS) is 15.3. The van der Waals surface area contributed by atoms with E-state index in [9.17, 15) is 0 Å². The van der Waals surface area contributed by atoms with E-state index in [1.54, 1.807) is 0 Å². The number of aromatic nitrogens is 1. The summed E-state index contributed by atoms with van der Waals surface area (Å²) in [6.07, 6.45) is 2.87. The smallest absolute Gasteiger partial charge is 0.193 e. The van der Waals surface area contributed by atoms with Crippen LogP contribution in [0.5, 0.6) is 0 Å². The lowest BCUT2D eigenvalue weighted by molar-refractivity contribution is 0.372.